The number of cyclic esters (lactones) is 1. The van der Waals surface area contributed by atoms with Crippen LogP contribution in [0.2, 0.25) is 5.02 Å². The standard InChI is InChI=1S/C11H10ClNO4/c12-8-3-1-7(2-4-8)10(14)16-6-9-5-13-11(15)17-9/h1-4,9H,5-6H2,(H,13,15)/t9-/m1/s1. The number of ether oxygens (including phenoxy) is 2. The quantitative estimate of drug-likeness (QED) is 0.834. The molecule has 1 saturated heterocycles. The summed E-state index contributed by atoms with van der Waals surface area (Å²) in [6, 6.07) is 6.36. The average Bonchev–Trinajstić information content (AvgIpc) is 2.73. The molecule has 0 spiro atoms. The largest absolute Gasteiger partial charge is 0.458 e. The third-order valence-electron chi connectivity index (χ3n) is 2.23. The normalized spacial score (nSPS) is 18.4. The Morgan fingerprint density at radius 1 is 1.47 bits per heavy atom. The van der Waals surface area contributed by atoms with E-state index in [-0.39, 0.29) is 6.61 Å². The van der Waals surface area contributed by atoms with Crippen molar-refractivity contribution in [2.75, 3.05) is 13.2 Å². The molecule has 0 aliphatic carbocycles. The number of carbonyl (C=O) groups is 2. The van der Waals surface area contributed by atoms with E-state index in [0.29, 0.717) is 17.1 Å². The molecule has 6 heteroatoms. The highest BCUT2D eigenvalue weighted by Gasteiger charge is 2.23. The third kappa shape index (κ3) is 3.10. The van der Waals surface area contributed by atoms with Gasteiger partial charge in [-0.3, -0.25) is 0 Å². The maximum atomic E-state index is 11.6. The van der Waals surface area contributed by atoms with Gasteiger partial charge in [0.1, 0.15) is 6.61 Å². The molecule has 1 aliphatic heterocycles. The lowest BCUT2D eigenvalue weighted by Gasteiger charge is -2.08. The van der Waals surface area contributed by atoms with Crippen LogP contribution in [0.1, 0.15) is 10.4 Å². The van der Waals surface area contributed by atoms with Crippen LogP contribution < -0.4 is 5.32 Å². The van der Waals surface area contributed by atoms with Crippen LogP contribution in [0.25, 0.3) is 0 Å². The molecular formula is C11H10ClNO4. The number of nitrogens with one attached hydrogen (secondary N) is 1. The van der Waals surface area contributed by atoms with E-state index in [2.05, 4.69) is 5.32 Å². The van der Waals surface area contributed by atoms with Crippen LogP contribution in [0.5, 0.6) is 0 Å². The number of hydrogen-bond acceptors (Lipinski definition) is 4. The number of halogens is 1. The van der Waals surface area contributed by atoms with Gasteiger partial charge in [-0.25, -0.2) is 9.59 Å². The van der Waals surface area contributed by atoms with Crippen molar-refractivity contribution in [3.8, 4) is 0 Å². The van der Waals surface area contributed by atoms with E-state index in [4.69, 9.17) is 21.1 Å². The lowest BCUT2D eigenvalue weighted by molar-refractivity contribution is 0.0300. The van der Waals surface area contributed by atoms with Gasteiger partial charge in [-0.05, 0) is 24.3 Å². The molecule has 1 aliphatic rings. The summed E-state index contributed by atoms with van der Waals surface area (Å²) in [5.74, 6) is -0.468. The van der Waals surface area contributed by atoms with Gasteiger partial charge in [-0.2, -0.15) is 0 Å². The van der Waals surface area contributed by atoms with Crippen molar-refractivity contribution < 1.29 is 19.1 Å². The molecule has 2 rings (SSSR count). The van der Waals surface area contributed by atoms with Crippen LogP contribution in [0, 0.1) is 0 Å². The number of hydrogen-bond donors (Lipinski definition) is 1. The third-order valence-corrected chi connectivity index (χ3v) is 2.48. The minimum Gasteiger partial charge on any atom is -0.458 e. The van der Waals surface area contributed by atoms with Crippen LogP contribution >= 0.6 is 11.6 Å². The van der Waals surface area contributed by atoms with E-state index < -0.39 is 18.2 Å². The summed E-state index contributed by atoms with van der Waals surface area (Å²) in [4.78, 5) is 22.3. The van der Waals surface area contributed by atoms with Crippen molar-refractivity contribution in [1.29, 1.82) is 0 Å². The van der Waals surface area contributed by atoms with Gasteiger partial charge < -0.3 is 14.8 Å². The fourth-order valence-electron chi connectivity index (χ4n) is 1.36. The molecule has 17 heavy (non-hydrogen) atoms. The van der Waals surface area contributed by atoms with Crippen molar-refractivity contribution in [2.45, 2.75) is 6.10 Å². The minimum atomic E-state index is -0.488. The molecule has 0 aromatic heterocycles. The molecule has 0 unspecified atom stereocenters. The Labute approximate surface area is 103 Å². The Balaban J connectivity index is 1.85. The summed E-state index contributed by atoms with van der Waals surface area (Å²) in [7, 11) is 0. The van der Waals surface area contributed by atoms with E-state index in [9.17, 15) is 9.59 Å². The van der Waals surface area contributed by atoms with Gasteiger partial charge >= 0.3 is 12.1 Å². The summed E-state index contributed by atoms with van der Waals surface area (Å²) in [6.07, 6.45) is -0.906. The zero-order valence-corrected chi connectivity index (χ0v) is 9.57. The topological polar surface area (TPSA) is 64.6 Å². The van der Waals surface area contributed by atoms with Crippen LogP contribution in [0.3, 0.4) is 0 Å². The second kappa shape index (κ2) is 5.05. The second-order valence-corrected chi connectivity index (χ2v) is 3.95. The molecule has 0 radical (unpaired) electrons. The van der Waals surface area contributed by atoms with Crippen molar-refractivity contribution in [1.82, 2.24) is 5.32 Å². The van der Waals surface area contributed by atoms with Gasteiger partial charge in [0.05, 0.1) is 12.1 Å². The number of rotatable bonds is 3. The minimum absolute atomic E-state index is 0.0419. The second-order valence-electron chi connectivity index (χ2n) is 3.51. The Hall–Kier alpha value is -1.75. The van der Waals surface area contributed by atoms with Crippen LogP contribution in [-0.4, -0.2) is 31.3 Å². The molecule has 1 N–H and O–H groups in total. The van der Waals surface area contributed by atoms with Crippen LogP contribution in [0.15, 0.2) is 24.3 Å². The molecule has 1 fully saturated rings. The average molecular weight is 256 g/mol. The lowest BCUT2D eigenvalue weighted by atomic mass is 10.2. The Morgan fingerprint density at radius 3 is 2.76 bits per heavy atom. The van der Waals surface area contributed by atoms with E-state index in [0.717, 1.165) is 0 Å². The molecule has 1 atom stereocenters. The molecule has 0 saturated carbocycles. The molecule has 1 amide bonds. The Morgan fingerprint density at radius 2 is 2.18 bits per heavy atom. The van der Waals surface area contributed by atoms with Crippen molar-refractivity contribution in [3.05, 3.63) is 34.9 Å². The van der Waals surface area contributed by atoms with Crippen molar-refractivity contribution in [2.24, 2.45) is 0 Å². The number of esters is 1. The lowest BCUT2D eigenvalue weighted by Crippen LogP contribution is -2.22. The number of carbonyl (C=O) groups excluding carboxylic acids is 2. The van der Waals surface area contributed by atoms with Crippen molar-refractivity contribution in [3.63, 3.8) is 0 Å². The van der Waals surface area contributed by atoms with E-state index in [1.165, 1.54) is 0 Å². The van der Waals surface area contributed by atoms with Crippen LogP contribution in [0.4, 0.5) is 4.79 Å². The van der Waals surface area contributed by atoms with Crippen LogP contribution in [-0.2, 0) is 9.47 Å². The molecular weight excluding hydrogens is 246 g/mol. The van der Waals surface area contributed by atoms with Crippen molar-refractivity contribution >= 4 is 23.7 Å². The number of benzene rings is 1. The SMILES string of the molecule is O=C1NC[C@H](COC(=O)c2ccc(Cl)cc2)O1. The van der Waals surface area contributed by atoms with Gasteiger partial charge in [0.2, 0.25) is 0 Å². The van der Waals surface area contributed by atoms with Gasteiger partial charge in [0.25, 0.3) is 0 Å². The first-order chi connectivity index (χ1) is 8.15. The predicted molar refractivity (Wildman–Crippen MR) is 60.0 cm³/mol. The summed E-state index contributed by atoms with van der Waals surface area (Å²) in [5, 5.41) is 3.02. The van der Waals surface area contributed by atoms with Gasteiger partial charge in [0, 0.05) is 5.02 Å². The monoisotopic (exact) mass is 255 g/mol. The van der Waals surface area contributed by atoms with Gasteiger partial charge in [0.15, 0.2) is 6.10 Å². The van der Waals surface area contributed by atoms with E-state index in [1.807, 2.05) is 0 Å². The summed E-state index contributed by atoms with van der Waals surface area (Å²) in [5.41, 5.74) is 0.409. The molecule has 1 aromatic rings. The zero-order chi connectivity index (χ0) is 12.3. The maximum Gasteiger partial charge on any atom is 0.407 e. The van der Waals surface area contributed by atoms with Gasteiger partial charge in [-0.15, -0.1) is 0 Å². The number of alkyl carbamates (subject to hydrolysis) is 1. The number of amides is 1. The van der Waals surface area contributed by atoms with E-state index in [1.54, 1.807) is 24.3 Å². The highest BCUT2D eigenvalue weighted by molar-refractivity contribution is 6.30. The molecule has 1 heterocycles. The summed E-state index contributed by atoms with van der Waals surface area (Å²) >= 11 is 5.70. The fraction of sp³-hybridized carbons (Fsp3) is 0.273. The first-order valence-corrected chi connectivity index (χ1v) is 5.40. The summed E-state index contributed by atoms with van der Waals surface area (Å²) in [6.45, 7) is 0.396. The molecule has 5 nitrogen and oxygen atoms in total. The highest BCUT2D eigenvalue weighted by atomic mass is 35.5. The smallest absolute Gasteiger partial charge is 0.407 e. The Kier molecular flexibility index (Phi) is 3.49. The maximum absolute atomic E-state index is 11.6. The fourth-order valence-corrected chi connectivity index (χ4v) is 1.49. The van der Waals surface area contributed by atoms with E-state index >= 15 is 0 Å². The first-order valence-electron chi connectivity index (χ1n) is 5.02. The Bertz CT molecular complexity index is 432. The zero-order valence-electron chi connectivity index (χ0n) is 8.81. The summed E-state index contributed by atoms with van der Waals surface area (Å²) < 4.78 is 9.82. The molecule has 1 aromatic carbocycles. The first kappa shape index (κ1) is 11.7. The molecule has 90 valence electrons. The van der Waals surface area contributed by atoms with Gasteiger partial charge in [-0.1, -0.05) is 11.6 Å². The highest BCUT2D eigenvalue weighted by Crippen LogP contribution is 2.11. The predicted octanol–water partition coefficient (Wildman–Crippen LogP) is 1.61. The molecule has 0 bridgehead atoms.